The summed E-state index contributed by atoms with van der Waals surface area (Å²) in [5, 5.41) is 13.2. The van der Waals surface area contributed by atoms with Crippen molar-refractivity contribution in [3.05, 3.63) is 58.4 Å². The highest BCUT2D eigenvalue weighted by Crippen LogP contribution is 2.24. The van der Waals surface area contributed by atoms with E-state index in [-0.39, 0.29) is 0 Å². The van der Waals surface area contributed by atoms with Crippen LogP contribution >= 0.6 is 23.4 Å². The van der Waals surface area contributed by atoms with Gasteiger partial charge < -0.3 is 0 Å². The summed E-state index contributed by atoms with van der Waals surface area (Å²) < 4.78 is 1.77. The molecule has 0 amide bonds. The quantitative estimate of drug-likeness (QED) is 0.540. The monoisotopic (exact) mass is 331 g/mol. The molecular formula is C15H14ClN5S. The van der Waals surface area contributed by atoms with E-state index in [1.54, 1.807) is 28.7 Å². The lowest BCUT2D eigenvalue weighted by molar-refractivity contribution is 0.751. The van der Waals surface area contributed by atoms with Gasteiger partial charge in [0.1, 0.15) is 5.15 Å². The first-order valence-corrected chi connectivity index (χ1v) is 8.09. The maximum absolute atomic E-state index is 5.79. The van der Waals surface area contributed by atoms with E-state index in [0.717, 1.165) is 27.7 Å². The fourth-order valence-electron chi connectivity index (χ4n) is 2.10. The highest BCUT2D eigenvalue weighted by atomic mass is 35.5. The first-order valence-electron chi connectivity index (χ1n) is 6.73. The Morgan fingerprint density at radius 3 is 2.77 bits per heavy atom. The molecule has 0 N–H and O–H groups in total. The number of tetrazole rings is 1. The molecular weight excluding hydrogens is 318 g/mol. The maximum atomic E-state index is 5.79. The van der Waals surface area contributed by atoms with Crippen LogP contribution in [-0.2, 0) is 5.75 Å². The third kappa shape index (κ3) is 3.28. The second kappa shape index (κ2) is 6.46. The minimum Gasteiger partial charge on any atom is -0.244 e. The van der Waals surface area contributed by atoms with Gasteiger partial charge in [0.25, 0.3) is 0 Å². The molecule has 2 heterocycles. The van der Waals surface area contributed by atoms with E-state index < -0.39 is 0 Å². The van der Waals surface area contributed by atoms with Crippen LogP contribution < -0.4 is 0 Å². The smallest absolute Gasteiger partial charge is 0.214 e. The maximum Gasteiger partial charge on any atom is 0.214 e. The predicted molar refractivity (Wildman–Crippen MR) is 87.4 cm³/mol. The summed E-state index contributed by atoms with van der Waals surface area (Å²) in [6.45, 7) is 4.13. The number of benzene rings is 1. The summed E-state index contributed by atoms with van der Waals surface area (Å²) in [6, 6.07) is 9.95. The molecule has 5 nitrogen and oxygen atoms in total. The topological polar surface area (TPSA) is 56.5 Å². The molecule has 0 aliphatic rings. The molecule has 22 heavy (non-hydrogen) atoms. The summed E-state index contributed by atoms with van der Waals surface area (Å²) in [6.07, 6.45) is 1.76. The molecule has 0 spiro atoms. The van der Waals surface area contributed by atoms with Crippen LogP contribution in [0.25, 0.3) is 5.69 Å². The molecule has 0 atom stereocenters. The Labute approximate surface area is 137 Å². The molecule has 3 aromatic rings. The van der Waals surface area contributed by atoms with E-state index in [0.29, 0.717) is 5.15 Å². The van der Waals surface area contributed by atoms with Crippen LogP contribution in [0.1, 0.15) is 16.7 Å². The second-order valence-corrected chi connectivity index (χ2v) is 6.27. The number of nitrogens with zero attached hydrogens (tertiary/aromatic N) is 5. The van der Waals surface area contributed by atoms with Gasteiger partial charge in [-0.25, -0.2) is 4.98 Å². The summed E-state index contributed by atoms with van der Waals surface area (Å²) in [7, 11) is 0. The van der Waals surface area contributed by atoms with Crippen LogP contribution in [0.4, 0.5) is 0 Å². The molecule has 0 aliphatic heterocycles. The number of rotatable bonds is 4. The molecule has 0 radical (unpaired) electrons. The highest BCUT2D eigenvalue weighted by molar-refractivity contribution is 7.98. The van der Waals surface area contributed by atoms with E-state index >= 15 is 0 Å². The Morgan fingerprint density at radius 1 is 1.18 bits per heavy atom. The molecule has 0 aliphatic carbocycles. The summed E-state index contributed by atoms with van der Waals surface area (Å²) in [4.78, 5) is 4.08. The fourth-order valence-corrected chi connectivity index (χ4v) is 3.03. The van der Waals surface area contributed by atoms with Crippen molar-refractivity contribution >= 4 is 23.4 Å². The van der Waals surface area contributed by atoms with Crippen molar-refractivity contribution in [3.63, 3.8) is 0 Å². The molecule has 0 bridgehead atoms. The third-order valence-electron chi connectivity index (χ3n) is 3.18. The van der Waals surface area contributed by atoms with Crippen molar-refractivity contribution in [2.24, 2.45) is 0 Å². The fraction of sp³-hybridized carbons (Fsp3) is 0.200. The van der Waals surface area contributed by atoms with Gasteiger partial charge in [-0.2, -0.15) is 4.68 Å². The molecule has 0 saturated carbocycles. The number of hydrogen-bond acceptors (Lipinski definition) is 5. The van der Waals surface area contributed by atoms with Crippen molar-refractivity contribution in [3.8, 4) is 5.69 Å². The van der Waals surface area contributed by atoms with Crippen LogP contribution in [0.5, 0.6) is 0 Å². The lowest BCUT2D eigenvalue weighted by Gasteiger charge is -2.08. The van der Waals surface area contributed by atoms with E-state index in [9.17, 15) is 0 Å². The van der Waals surface area contributed by atoms with E-state index in [4.69, 9.17) is 11.6 Å². The normalized spacial score (nSPS) is 10.9. The van der Waals surface area contributed by atoms with Crippen LogP contribution in [0.15, 0.2) is 41.7 Å². The van der Waals surface area contributed by atoms with Gasteiger partial charge in [-0.3, -0.25) is 0 Å². The Balaban J connectivity index is 1.81. The van der Waals surface area contributed by atoms with Gasteiger partial charge in [-0.15, -0.1) is 5.10 Å². The van der Waals surface area contributed by atoms with Crippen molar-refractivity contribution < 1.29 is 0 Å². The minimum absolute atomic E-state index is 0.494. The predicted octanol–water partition coefficient (Wildman–Crippen LogP) is 3.62. The van der Waals surface area contributed by atoms with E-state index in [2.05, 4.69) is 46.5 Å². The first kappa shape index (κ1) is 15.0. The Bertz CT molecular complexity index is 785. The number of hydrogen-bond donors (Lipinski definition) is 0. The summed E-state index contributed by atoms with van der Waals surface area (Å²) >= 11 is 7.36. The van der Waals surface area contributed by atoms with Crippen LogP contribution in [-0.4, -0.2) is 25.2 Å². The van der Waals surface area contributed by atoms with Gasteiger partial charge in [-0.1, -0.05) is 47.1 Å². The zero-order valence-corrected chi connectivity index (χ0v) is 13.8. The number of thioether (sulfide) groups is 1. The molecule has 2 aromatic heterocycles. The van der Waals surface area contributed by atoms with Crippen molar-refractivity contribution in [2.75, 3.05) is 0 Å². The van der Waals surface area contributed by atoms with Crippen molar-refractivity contribution in [1.29, 1.82) is 0 Å². The Kier molecular flexibility index (Phi) is 4.40. The number of aromatic nitrogens is 5. The van der Waals surface area contributed by atoms with Gasteiger partial charge in [0, 0.05) is 11.9 Å². The number of pyridine rings is 1. The summed E-state index contributed by atoms with van der Waals surface area (Å²) in [5.74, 6) is 0.732. The van der Waals surface area contributed by atoms with E-state index in [1.165, 1.54) is 5.56 Å². The number of aryl methyl sites for hydroxylation is 2. The zero-order valence-electron chi connectivity index (χ0n) is 12.2. The lowest BCUT2D eigenvalue weighted by atomic mass is 10.1. The van der Waals surface area contributed by atoms with Crippen molar-refractivity contribution in [1.82, 2.24) is 25.2 Å². The van der Waals surface area contributed by atoms with Gasteiger partial charge in [0.15, 0.2) is 0 Å². The molecule has 0 saturated heterocycles. The lowest BCUT2D eigenvalue weighted by Crippen LogP contribution is -2.02. The standard InChI is InChI=1S/C15H14ClN5S/c1-10-3-5-13(11(2)7-10)21-15(18-19-20-21)22-9-12-4-6-14(16)17-8-12/h3-8H,9H2,1-2H3. The zero-order chi connectivity index (χ0) is 15.5. The molecule has 3 rings (SSSR count). The average Bonchev–Trinajstić information content (AvgIpc) is 2.95. The van der Waals surface area contributed by atoms with Crippen LogP contribution in [0.3, 0.4) is 0 Å². The summed E-state index contributed by atoms with van der Waals surface area (Å²) in [5.41, 5.74) is 4.43. The number of halogens is 1. The largest absolute Gasteiger partial charge is 0.244 e. The Morgan fingerprint density at radius 2 is 2.05 bits per heavy atom. The Hall–Kier alpha value is -1.92. The first-order chi connectivity index (χ1) is 10.6. The average molecular weight is 332 g/mol. The third-order valence-corrected chi connectivity index (χ3v) is 4.39. The molecule has 112 valence electrons. The van der Waals surface area contributed by atoms with Crippen LogP contribution in [0.2, 0.25) is 5.15 Å². The minimum atomic E-state index is 0.494. The van der Waals surface area contributed by atoms with Crippen molar-refractivity contribution in [2.45, 2.75) is 24.8 Å². The van der Waals surface area contributed by atoms with Crippen LogP contribution in [0, 0.1) is 13.8 Å². The van der Waals surface area contributed by atoms with Gasteiger partial charge in [0.05, 0.1) is 5.69 Å². The highest BCUT2D eigenvalue weighted by Gasteiger charge is 2.11. The van der Waals surface area contributed by atoms with Gasteiger partial charge >= 0.3 is 0 Å². The van der Waals surface area contributed by atoms with E-state index in [1.807, 2.05) is 12.1 Å². The SMILES string of the molecule is Cc1ccc(-n2nnnc2SCc2ccc(Cl)nc2)c(C)c1. The van der Waals surface area contributed by atoms with Gasteiger partial charge in [0.2, 0.25) is 5.16 Å². The molecule has 0 fully saturated rings. The molecule has 0 unspecified atom stereocenters. The van der Waals surface area contributed by atoms with Gasteiger partial charge in [-0.05, 0) is 47.5 Å². The molecule has 7 heteroatoms. The second-order valence-electron chi connectivity index (χ2n) is 4.94. The molecule has 1 aromatic carbocycles.